The molecule has 1 aromatic carbocycles. The Hall–Kier alpha value is -0.530. The van der Waals surface area contributed by atoms with Gasteiger partial charge < -0.3 is 5.32 Å². The van der Waals surface area contributed by atoms with Crippen LogP contribution in [0.4, 0.5) is 0 Å². The van der Waals surface area contributed by atoms with E-state index in [1.807, 2.05) is 12.1 Å². The molecule has 1 fully saturated rings. The highest BCUT2D eigenvalue weighted by Crippen LogP contribution is 2.41. The number of hydrogen-bond donors (Lipinski definition) is 1. The lowest BCUT2D eigenvalue weighted by Gasteiger charge is -2.37. The molecule has 0 amide bonds. The van der Waals surface area contributed by atoms with E-state index in [0.717, 1.165) is 16.9 Å². The number of benzene rings is 1. The fourth-order valence-corrected chi connectivity index (χ4v) is 3.76. The van der Waals surface area contributed by atoms with E-state index in [1.165, 1.54) is 37.7 Å². The van der Waals surface area contributed by atoms with E-state index in [-0.39, 0.29) is 0 Å². The first-order chi connectivity index (χ1) is 8.77. The van der Waals surface area contributed by atoms with Gasteiger partial charge in [0.1, 0.15) is 0 Å². The first-order valence-corrected chi connectivity index (χ1v) is 7.57. The zero-order chi connectivity index (χ0) is 13.0. The van der Waals surface area contributed by atoms with Gasteiger partial charge in [-0.1, -0.05) is 62.4 Å². The second-order valence-electron chi connectivity index (χ2n) is 5.40. The van der Waals surface area contributed by atoms with Crippen molar-refractivity contribution in [2.45, 2.75) is 45.1 Å². The van der Waals surface area contributed by atoms with Crippen LogP contribution in [0.25, 0.3) is 0 Å². The van der Waals surface area contributed by atoms with Crippen molar-refractivity contribution < 1.29 is 0 Å². The lowest BCUT2D eigenvalue weighted by atomic mass is 9.72. The van der Waals surface area contributed by atoms with Crippen molar-refractivity contribution in [1.82, 2.24) is 5.32 Å². The van der Waals surface area contributed by atoms with Crippen molar-refractivity contribution >= 4 is 11.6 Å². The molecule has 0 aliphatic heterocycles. The maximum Gasteiger partial charge on any atom is 0.0453 e. The minimum atomic E-state index is 0.406. The summed E-state index contributed by atoms with van der Waals surface area (Å²) in [6, 6.07) is 8.69. The van der Waals surface area contributed by atoms with Gasteiger partial charge >= 0.3 is 0 Å². The van der Waals surface area contributed by atoms with Crippen LogP contribution in [0.5, 0.6) is 0 Å². The SMILES string of the molecule is CCC1CCCCC1C(NC)c1ccccc1Cl. The quantitative estimate of drug-likeness (QED) is 0.823. The molecule has 0 aromatic heterocycles. The van der Waals surface area contributed by atoms with Crippen LogP contribution in [-0.2, 0) is 0 Å². The van der Waals surface area contributed by atoms with Crippen LogP contribution < -0.4 is 5.32 Å². The summed E-state index contributed by atoms with van der Waals surface area (Å²) in [4.78, 5) is 0. The number of nitrogens with one attached hydrogen (secondary N) is 1. The van der Waals surface area contributed by atoms with E-state index in [2.05, 4.69) is 31.4 Å². The Balaban J connectivity index is 2.24. The van der Waals surface area contributed by atoms with Gasteiger partial charge in [0.05, 0.1) is 0 Å². The largest absolute Gasteiger partial charge is 0.313 e. The Morgan fingerprint density at radius 2 is 2.00 bits per heavy atom. The van der Waals surface area contributed by atoms with Crippen LogP contribution in [0.1, 0.15) is 50.6 Å². The van der Waals surface area contributed by atoms with E-state index < -0.39 is 0 Å². The number of rotatable bonds is 4. The van der Waals surface area contributed by atoms with Gasteiger partial charge in [-0.2, -0.15) is 0 Å². The molecule has 0 heterocycles. The van der Waals surface area contributed by atoms with Gasteiger partial charge in [0, 0.05) is 11.1 Å². The molecule has 18 heavy (non-hydrogen) atoms. The normalized spacial score (nSPS) is 25.9. The zero-order valence-corrected chi connectivity index (χ0v) is 12.2. The summed E-state index contributed by atoms with van der Waals surface area (Å²) in [6.07, 6.45) is 6.75. The fraction of sp³-hybridized carbons (Fsp3) is 0.625. The molecule has 0 saturated heterocycles. The van der Waals surface area contributed by atoms with Crippen molar-refractivity contribution in [2.75, 3.05) is 7.05 Å². The van der Waals surface area contributed by atoms with Crippen molar-refractivity contribution in [2.24, 2.45) is 11.8 Å². The molecule has 100 valence electrons. The molecule has 2 heteroatoms. The van der Waals surface area contributed by atoms with Crippen LogP contribution in [0.15, 0.2) is 24.3 Å². The molecular formula is C16H24ClN. The molecule has 0 spiro atoms. The predicted molar refractivity (Wildman–Crippen MR) is 79.0 cm³/mol. The third-order valence-electron chi connectivity index (χ3n) is 4.47. The predicted octanol–water partition coefficient (Wildman–Crippen LogP) is 4.82. The number of halogens is 1. The molecule has 2 rings (SSSR count). The van der Waals surface area contributed by atoms with Gasteiger partial charge in [-0.25, -0.2) is 0 Å². The maximum absolute atomic E-state index is 6.37. The summed E-state index contributed by atoms with van der Waals surface area (Å²) < 4.78 is 0. The summed E-state index contributed by atoms with van der Waals surface area (Å²) >= 11 is 6.37. The highest BCUT2D eigenvalue weighted by atomic mass is 35.5. The van der Waals surface area contributed by atoms with Gasteiger partial charge in [-0.05, 0) is 36.9 Å². The Morgan fingerprint density at radius 1 is 1.28 bits per heavy atom. The molecule has 3 atom stereocenters. The summed E-state index contributed by atoms with van der Waals surface area (Å²) in [5, 5.41) is 4.41. The summed E-state index contributed by atoms with van der Waals surface area (Å²) in [5.74, 6) is 1.57. The summed E-state index contributed by atoms with van der Waals surface area (Å²) in [7, 11) is 2.06. The average Bonchev–Trinajstić information content (AvgIpc) is 2.42. The third-order valence-corrected chi connectivity index (χ3v) is 4.82. The second kappa shape index (κ2) is 6.58. The average molecular weight is 266 g/mol. The highest BCUT2D eigenvalue weighted by molar-refractivity contribution is 6.31. The van der Waals surface area contributed by atoms with E-state index in [0.29, 0.717) is 6.04 Å². The fourth-order valence-electron chi connectivity index (χ4n) is 3.51. The molecule has 1 aromatic rings. The molecule has 1 aliphatic carbocycles. The molecule has 1 nitrogen and oxygen atoms in total. The van der Waals surface area contributed by atoms with Crippen LogP contribution in [0.3, 0.4) is 0 Å². The maximum atomic E-state index is 6.37. The van der Waals surface area contributed by atoms with Crippen molar-refractivity contribution in [1.29, 1.82) is 0 Å². The smallest absolute Gasteiger partial charge is 0.0453 e. The summed E-state index contributed by atoms with van der Waals surface area (Å²) in [5.41, 5.74) is 1.27. The minimum absolute atomic E-state index is 0.406. The van der Waals surface area contributed by atoms with Crippen LogP contribution in [-0.4, -0.2) is 7.05 Å². The molecule has 1 aliphatic rings. The van der Waals surface area contributed by atoms with Crippen molar-refractivity contribution in [3.05, 3.63) is 34.9 Å². The molecule has 0 radical (unpaired) electrons. The summed E-state index contributed by atoms with van der Waals surface area (Å²) in [6.45, 7) is 2.32. The molecular weight excluding hydrogens is 242 g/mol. The minimum Gasteiger partial charge on any atom is -0.313 e. The topological polar surface area (TPSA) is 12.0 Å². The second-order valence-corrected chi connectivity index (χ2v) is 5.81. The Morgan fingerprint density at radius 3 is 2.67 bits per heavy atom. The lowest BCUT2D eigenvalue weighted by molar-refractivity contribution is 0.180. The lowest BCUT2D eigenvalue weighted by Crippen LogP contribution is -2.32. The highest BCUT2D eigenvalue weighted by Gasteiger charge is 2.31. The van der Waals surface area contributed by atoms with Gasteiger partial charge in [-0.3, -0.25) is 0 Å². The van der Waals surface area contributed by atoms with Gasteiger partial charge in [0.25, 0.3) is 0 Å². The van der Waals surface area contributed by atoms with Crippen LogP contribution >= 0.6 is 11.6 Å². The third kappa shape index (κ3) is 2.89. The van der Waals surface area contributed by atoms with E-state index in [1.54, 1.807) is 0 Å². The standard InChI is InChI=1S/C16H24ClN/c1-3-12-8-4-5-9-13(12)16(18-2)14-10-6-7-11-15(14)17/h6-7,10-13,16,18H,3-5,8-9H2,1-2H3. The Kier molecular flexibility index (Phi) is 5.08. The first kappa shape index (κ1) is 13.9. The van der Waals surface area contributed by atoms with Gasteiger partial charge in [0.15, 0.2) is 0 Å². The van der Waals surface area contributed by atoms with Gasteiger partial charge in [0.2, 0.25) is 0 Å². The van der Waals surface area contributed by atoms with Crippen LogP contribution in [0, 0.1) is 11.8 Å². The van der Waals surface area contributed by atoms with Crippen molar-refractivity contribution in [3.63, 3.8) is 0 Å². The molecule has 1 N–H and O–H groups in total. The zero-order valence-electron chi connectivity index (χ0n) is 11.5. The van der Waals surface area contributed by atoms with Crippen molar-refractivity contribution in [3.8, 4) is 0 Å². The Labute approximate surface area is 116 Å². The van der Waals surface area contributed by atoms with E-state index >= 15 is 0 Å². The number of hydrogen-bond acceptors (Lipinski definition) is 1. The molecule has 3 unspecified atom stereocenters. The van der Waals surface area contributed by atoms with Crippen LogP contribution in [0.2, 0.25) is 5.02 Å². The molecule has 0 bridgehead atoms. The van der Waals surface area contributed by atoms with Gasteiger partial charge in [-0.15, -0.1) is 0 Å². The monoisotopic (exact) mass is 265 g/mol. The molecule has 1 saturated carbocycles. The van der Waals surface area contributed by atoms with E-state index in [9.17, 15) is 0 Å². The Bertz CT molecular complexity index is 377. The van der Waals surface area contributed by atoms with E-state index in [4.69, 9.17) is 11.6 Å². The first-order valence-electron chi connectivity index (χ1n) is 7.19.